The quantitative estimate of drug-likeness (QED) is 0.799. The lowest BCUT2D eigenvalue weighted by molar-refractivity contribution is -0.199. The van der Waals surface area contributed by atoms with Gasteiger partial charge >= 0.3 is 18.2 Å². The molecule has 0 heterocycles. The van der Waals surface area contributed by atoms with Crippen molar-refractivity contribution >= 4 is 17.7 Å². The van der Waals surface area contributed by atoms with Crippen LogP contribution in [0.1, 0.15) is 11.1 Å². The predicted octanol–water partition coefficient (Wildman–Crippen LogP) is 2.21. The number of carbonyl (C=O) groups is 2. The van der Waals surface area contributed by atoms with Gasteiger partial charge in [-0.3, -0.25) is 0 Å². The van der Waals surface area contributed by atoms with Gasteiger partial charge in [0.15, 0.2) is 0 Å². The van der Waals surface area contributed by atoms with Gasteiger partial charge in [0, 0.05) is 0 Å². The fourth-order valence-electron chi connectivity index (χ4n) is 1.38. The molecule has 0 aliphatic heterocycles. The minimum Gasteiger partial charge on any atom is -0.349 e. The molecule has 104 valence electrons. The molecule has 0 radical (unpaired) electrons. The molecular formula is C11H11F3N2O3. The maximum atomic E-state index is 12.1. The van der Waals surface area contributed by atoms with Gasteiger partial charge in [0.1, 0.15) is 0 Å². The second kappa shape index (κ2) is 5.17. The van der Waals surface area contributed by atoms with E-state index in [1.54, 1.807) is 26.0 Å². The molecule has 0 saturated heterocycles. The Labute approximate surface area is 106 Å². The van der Waals surface area contributed by atoms with Gasteiger partial charge in [-0.2, -0.15) is 13.2 Å². The summed E-state index contributed by atoms with van der Waals surface area (Å²) in [6.45, 7) is 3.30. The number of primary amides is 1. The highest BCUT2D eigenvalue weighted by molar-refractivity contribution is 5.92. The molecule has 19 heavy (non-hydrogen) atoms. The minimum absolute atomic E-state index is 0.0318. The van der Waals surface area contributed by atoms with Crippen LogP contribution in [-0.4, -0.2) is 18.2 Å². The van der Waals surface area contributed by atoms with Crippen molar-refractivity contribution in [2.45, 2.75) is 20.0 Å². The predicted molar refractivity (Wildman–Crippen MR) is 60.1 cm³/mol. The van der Waals surface area contributed by atoms with Gasteiger partial charge < -0.3 is 10.6 Å². The summed E-state index contributed by atoms with van der Waals surface area (Å²) in [5.41, 5.74) is 6.14. The minimum atomic E-state index is -5.22. The molecule has 0 aliphatic rings. The molecule has 1 aromatic rings. The first-order valence-electron chi connectivity index (χ1n) is 5.09. The standard InChI is InChI=1S/C11H11F3N2O3/c1-6-3-4-8(7(2)5-6)16(10(15)18)19-9(17)11(12,13)14/h3-5H,1-2H3,(H2,15,18). The Morgan fingerprint density at radius 2 is 1.84 bits per heavy atom. The third-order valence-corrected chi connectivity index (χ3v) is 2.18. The van der Waals surface area contributed by atoms with Crippen LogP contribution in [0, 0.1) is 13.8 Å². The lowest BCUT2D eigenvalue weighted by Gasteiger charge is -2.21. The number of aryl methyl sites for hydroxylation is 2. The monoisotopic (exact) mass is 276 g/mol. The Hall–Kier alpha value is -2.25. The Kier molecular flexibility index (Phi) is 4.03. The number of anilines is 1. The number of amides is 2. The lowest BCUT2D eigenvalue weighted by atomic mass is 10.1. The van der Waals surface area contributed by atoms with Crippen molar-refractivity contribution in [3.05, 3.63) is 29.3 Å². The van der Waals surface area contributed by atoms with E-state index in [1.807, 2.05) is 0 Å². The van der Waals surface area contributed by atoms with E-state index in [1.165, 1.54) is 6.07 Å². The van der Waals surface area contributed by atoms with E-state index in [0.717, 1.165) is 5.56 Å². The second-order valence-corrected chi connectivity index (χ2v) is 3.80. The first-order valence-corrected chi connectivity index (χ1v) is 5.09. The Morgan fingerprint density at radius 3 is 2.26 bits per heavy atom. The smallest absolute Gasteiger partial charge is 0.349 e. The van der Waals surface area contributed by atoms with Crippen LogP contribution in [0.4, 0.5) is 23.7 Å². The number of rotatable bonds is 1. The molecule has 0 fully saturated rings. The van der Waals surface area contributed by atoms with Gasteiger partial charge in [0.2, 0.25) is 0 Å². The molecule has 0 spiro atoms. The first-order chi connectivity index (χ1) is 8.62. The third kappa shape index (κ3) is 3.60. The highest BCUT2D eigenvalue weighted by atomic mass is 19.4. The number of nitrogens with zero attached hydrogens (tertiary/aromatic N) is 1. The number of urea groups is 1. The number of nitrogens with two attached hydrogens (primary N) is 1. The lowest BCUT2D eigenvalue weighted by Crippen LogP contribution is -2.41. The number of alkyl halides is 3. The third-order valence-electron chi connectivity index (χ3n) is 2.18. The molecule has 0 atom stereocenters. The highest BCUT2D eigenvalue weighted by Gasteiger charge is 2.43. The zero-order valence-electron chi connectivity index (χ0n) is 10.1. The molecule has 0 unspecified atom stereocenters. The van der Waals surface area contributed by atoms with Crippen LogP contribution in [0.25, 0.3) is 0 Å². The Balaban J connectivity index is 3.09. The summed E-state index contributed by atoms with van der Waals surface area (Å²) < 4.78 is 36.3. The summed E-state index contributed by atoms with van der Waals surface area (Å²) >= 11 is 0. The van der Waals surface area contributed by atoms with Crippen LogP contribution in [0.15, 0.2) is 18.2 Å². The molecular weight excluding hydrogens is 265 g/mol. The number of carbonyl (C=O) groups excluding carboxylic acids is 2. The fraction of sp³-hybridized carbons (Fsp3) is 0.273. The molecule has 5 nitrogen and oxygen atoms in total. The number of hydroxylamine groups is 1. The van der Waals surface area contributed by atoms with E-state index in [4.69, 9.17) is 5.73 Å². The van der Waals surface area contributed by atoms with Gasteiger partial charge in [-0.05, 0) is 25.5 Å². The van der Waals surface area contributed by atoms with Crippen molar-refractivity contribution in [2.24, 2.45) is 5.73 Å². The second-order valence-electron chi connectivity index (χ2n) is 3.80. The molecule has 0 aromatic heterocycles. The van der Waals surface area contributed by atoms with Gasteiger partial charge in [-0.15, -0.1) is 5.06 Å². The van der Waals surface area contributed by atoms with Crippen LogP contribution >= 0.6 is 0 Å². The van der Waals surface area contributed by atoms with E-state index in [-0.39, 0.29) is 10.8 Å². The highest BCUT2D eigenvalue weighted by Crippen LogP contribution is 2.24. The normalized spacial score (nSPS) is 11.0. The van der Waals surface area contributed by atoms with Crippen LogP contribution in [-0.2, 0) is 9.63 Å². The van der Waals surface area contributed by atoms with Crippen molar-refractivity contribution in [3.63, 3.8) is 0 Å². The maximum Gasteiger partial charge on any atom is 0.493 e. The van der Waals surface area contributed by atoms with Crippen LogP contribution in [0.3, 0.4) is 0 Å². The molecule has 0 aliphatic carbocycles. The summed E-state index contributed by atoms with van der Waals surface area (Å²) in [5, 5.41) is 0.116. The first kappa shape index (κ1) is 14.8. The number of hydrogen-bond acceptors (Lipinski definition) is 3. The number of hydrogen-bond donors (Lipinski definition) is 1. The average molecular weight is 276 g/mol. The van der Waals surface area contributed by atoms with Crippen LogP contribution < -0.4 is 10.8 Å². The van der Waals surface area contributed by atoms with E-state index >= 15 is 0 Å². The van der Waals surface area contributed by atoms with Crippen LogP contribution in [0.5, 0.6) is 0 Å². The molecule has 0 bridgehead atoms. The van der Waals surface area contributed by atoms with Gasteiger partial charge in [-0.1, -0.05) is 17.7 Å². The summed E-state index contributed by atoms with van der Waals surface area (Å²) in [6, 6.07) is 3.15. The fourth-order valence-corrected chi connectivity index (χ4v) is 1.38. The largest absolute Gasteiger partial charge is 0.493 e. The van der Waals surface area contributed by atoms with Crippen molar-refractivity contribution in [2.75, 3.05) is 5.06 Å². The van der Waals surface area contributed by atoms with Crippen molar-refractivity contribution in [3.8, 4) is 0 Å². The van der Waals surface area contributed by atoms with Crippen molar-refractivity contribution < 1.29 is 27.6 Å². The van der Waals surface area contributed by atoms with E-state index < -0.39 is 18.2 Å². The summed E-state index contributed by atoms with van der Waals surface area (Å²) in [6.07, 6.45) is -5.22. The number of halogens is 3. The van der Waals surface area contributed by atoms with Crippen molar-refractivity contribution in [1.29, 1.82) is 0 Å². The Bertz CT molecular complexity index is 514. The molecule has 2 amide bonds. The van der Waals surface area contributed by atoms with E-state index in [2.05, 4.69) is 4.84 Å². The van der Waals surface area contributed by atoms with Gasteiger partial charge in [0.05, 0.1) is 5.69 Å². The van der Waals surface area contributed by atoms with Crippen molar-refractivity contribution in [1.82, 2.24) is 0 Å². The molecule has 2 N–H and O–H groups in total. The van der Waals surface area contributed by atoms with Crippen LogP contribution in [0.2, 0.25) is 0 Å². The molecule has 0 saturated carbocycles. The van der Waals surface area contributed by atoms with Gasteiger partial charge in [-0.25, -0.2) is 9.59 Å². The molecule has 8 heteroatoms. The van der Waals surface area contributed by atoms with E-state index in [9.17, 15) is 22.8 Å². The zero-order valence-corrected chi connectivity index (χ0v) is 10.1. The topological polar surface area (TPSA) is 72.6 Å². The van der Waals surface area contributed by atoms with Gasteiger partial charge in [0.25, 0.3) is 0 Å². The van der Waals surface area contributed by atoms with E-state index in [0.29, 0.717) is 5.56 Å². The summed E-state index contributed by atoms with van der Waals surface area (Å²) in [5.74, 6) is -2.52. The molecule has 1 aromatic carbocycles. The zero-order chi connectivity index (χ0) is 14.8. The number of benzene rings is 1. The molecule has 1 rings (SSSR count). The Morgan fingerprint density at radius 1 is 1.26 bits per heavy atom. The SMILES string of the molecule is Cc1ccc(N(OC(=O)C(F)(F)F)C(N)=O)c(C)c1. The average Bonchev–Trinajstić information content (AvgIpc) is 2.24. The summed E-state index contributed by atoms with van der Waals surface area (Å²) in [7, 11) is 0. The maximum absolute atomic E-state index is 12.1. The summed E-state index contributed by atoms with van der Waals surface area (Å²) in [4.78, 5) is 25.8.